The molecule has 2 amide bonds. The number of hydrogen-bond donors (Lipinski definition) is 3. The van der Waals surface area contributed by atoms with Crippen molar-refractivity contribution >= 4 is 11.8 Å². The lowest BCUT2D eigenvalue weighted by molar-refractivity contribution is -0.137. The van der Waals surface area contributed by atoms with Crippen molar-refractivity contribution in [3.8, 4) is 0 Å². The van der Waals surface area contributed by atoms with E-state index in [1.54, 1.807) is 0 Å². The average molecular weight is 201 g/mol. The fraction of sp³-hybridized carbons (Fsp3) is 0.750. The number of nitrogens with two attached hydrogens (primary N) is 1. The summed E-state index contributed by atoms with van der Waals surface area (Å²) in [5, 5.41) is 2.98. The van der Waals surface area contributed by atoms with Gasteiger partial charge in [0.1, 0.15) is 0 Å². The van der Waals surface area contributed by atoms with Gasteiger partial charge in [0.05, 0.1) is 6.54 Å². The first-order valence-electron chi connectivity index (χ1n) is 4.58. The van der Waals surface area contributed by atoms with E-state index in [9.17, 15) is 9.59 Å². The Bertz CT molecular complexity index is 216. The van der Waals surface area contributed by atoms with Crippen LogP contribution < -0.4 is 16.5 Å². The molecule has 14 heavy (non-hydrogen) atoms. The first-order valence-corrected chi connectivity index (χ1v) is 4.58. The minimum atomic E-state index is -0.615. The molecule has 0 atom stereocenters. The third-order valence-corrected chi connectivity index (χ3v) is 1.82. The van der Waals surface area contributed by atoms with Crippen molar-refractivity contribution in [2.75, 3.05) is 19.7 Å². The van der Waals surface area contributed by atoms with Crippen LogP contribution in [0.1, 0.15) is 12.8 Å². The van der Waals surface area contributed by atoms with Gasteiger partial charge in [-0.25, -0.2) is 5.48 Å². The maximum absolute atomic E-state index is 11.0. The second kappa shape index (κ2) is 5.56. The number of primary amides is 1. The maximum atomic E-state index is 11.0. The molecule has 0 aromatic heterocycles. The van der Waals surface area contributed by atoms with E-state index in [1.807, 2.05) is 0 Å². The Hall–Kier alpha value is -1.14. The average Bonchev–Trinajstić information content (AvgIpc) is 2.87. The van der Waals surface area contributed by atoms with Gasteiger partial charge in [-0.05, 0) is 25.3 Å². The lowest BCUT2D eigenvalue weighted by atomic mass is 10.4. The van der Waals surface area contributed by atoms with Gasteiger partial charge in [0.25, 0.3) is 5.91 Å². The standard InChI is InChI=1S/C8H15N3O3/c9-7(12)5-14-11-8(13)4-10-3-6-1-2-6/h6,10H,1-5H2,(H2,9,12)(H,11,13). The Morgan fingerprint density at radius 2 is 2.14 bits per heavy atom. The molecule has 6 heteroatoms. The Kier molecular flexibility index (Phi) is 4.34. The van der Waals surface area contributed by atoms with Crippen LogP contribution in [0.25, 0.3) is 0 Å². The van der Waals surface area contributed by atoms with Crippen LogP contribution >= 0.6 is 0 Å². The number of nitrogens with one attached hydrogen (secondary N) is 2. The van der Waals surface area contributed by atoms with Crippen molar-refractivity contribution in [3.63, 3.8) is 0 Å². The number of hydrogen-bond acceptors (Lipinski definition) is 4. The molecule has 0 unspecified atom stereocenters. The largest absolute Gasteiger partial charge is 0.368 e. The molecule has 0 saturated heterocycles. The lowest BCUT2D eigenvalue weighted by Crippen LogP contribution is -2.36. The summed E-state index contributed by atoms with van der Waals surface area (Å²) in [6.45, 7) is 0.771. The third kappa shape index (κ3) is 5.50. The van der Waals surface area contributed by atoms with E-state index in [1.165, 1.54) is 12.8 Å². The van der Waals surface area contributed by atoms with E-state index >= 15 is 0 Å². The maximum Gasteiger partial charge on any atom is 0.257 e. The van der Waals surface area contributed by atoms with Crippen molar-refractivity contribution in [3.05, 3.63) is 0 Å². The highest BCUT2D eigenvalue weighted by atomic mass is 16.7. The molecular formula is C8H15N3O3. The predicted molar refractivity (Wildman–Crippen MR) is 48.9 cm³/mol. The van der Waals surface area contributed by atoms with Crippen LogP contribution in [0.5, 0.6) is 0 Å². The quantitative estimate of drug-likeness (QED) is 0.438. The van der Waals surface area contributed by atoms with E-state index < -0.39 is 5.91 Å². The van der Waals surface area contributed by atoms with Crippen molar-refractivity contribution in [1.82, 2.24) is 10.8 Å². The van der Waals surface area contributed by atoms with E-state index in [0.29, 0.717) is 0 Å². The van der Waals surface area contributed by atoms with Crippen LogP contribution in [0, 0.1) is 5.92 Å². The third-order valence-electron chi connectivity index (χ3n) is 1.82. The normalized spacial score (nSPS) is 15.1. The van der Waals surface area contributed by atoms with Gasteiger partial charge in [-0.2, -0.15) is 0 Å². The van der Waals surface area contributed by atoms with Gasteiger partial charge in [0.2, 0.25) is 5.91 Å². The van der Waals surface area contributed by atoms with E-state index in [-0.39, 0.29) is 19.1 Å². The molecule has 0 aromatic rings. The van der Waals surface area contributed by atoms with Crippen molar-refractivity contribution in [1.29, 1.82) is 0 Å². The second-order valence-corrected chi connectivity index (χ2v) is 3.35. The summed E-state index contributed by atoms with van der Waals surface area (Å²) in [5.41, 5.74) is 6.90. The molecule has 6 nitrogen and oxygen atoms in total. The molecule has 1 saturated carbocycles. The zero-order valence-electron chi connectivity index (χ0n) is 7.91. The molecule has 1 rings (SSSR count). The summed E-state index contributed by atoms with van der Waals surface area (Å²) >= 11 is 0. The van der Waals surface area contributed by atoms with Gasteiger partial charge in [-0.15, -0.1) is 0 Å². The van der Waals surface area contributed by atoms with Crippen LogP contribution in [0.15, 0.2) is 0 Å². The summed E-state index contributed by atoms with van der Waals surface area (Å²) in [7, 11) is 0. The smallest absolute Gasteiger partial charge is 0.257 e. The second-order valence-electron chi connectivity index (χ2n) is 3.35. The molecule has 4 N–H and O–H groups in total. The fourth-order valence-electron chi connectivity index (χ4n) is 0.936. The fourth-order valence-corrected chi connectivity index (χ4v) is 0.936. The summed E-state index contributed by atoms with van der Waals surface area (Å²) in [6, 6.07) is 0. The van der Waals surface area contributed by atoms with Crippen LogP contribution in [0.4, 0.5) is 0 Å². The molecular weight excluding hydrogens is 186 g/mol. The predicted octanol–water partition coefficient (Wildman–Crippen LogP) is -1.48. The number of amides is 2. The van der Waals surface area contributed by atoms with Gasteiger partial charge < -0.3 is 11.1 Å². The van der Waals surface area contributed by atoms with Crippen molar-refractivity contribution in [2.45, 2.75) is 12.8 Å². The van der Waals surface area contributed by atoms with Gasteiger partial charge in [0.15, 0.2) is 6.61 Å². The van der Waals surface area contributed by atoms with Crippen LogP contribution in [0.3, 0.4) is 0 Å². The summed E-state index contributed by atoms with van der Waals surface area (Å²) < 4.78 is 0. The van der Waals surface area contributed by atoms with E-state index in [2.05, 4.69) is 15.6 Å². The minimum absolute atomic E-state index is 0.204. The number of rotatable bonds is 7. The molecule has 1 aliphatic carbocycles. The highest BCUT2D eigenvalue weighted by Gasteiger charge is 2.20. The molecule has 0 heterocycles. The summed E-state index contributed by atoms with van der Waals surface area (Å²) in [4.78, 5) is 25.7. The molecule has 80 valence electrons. The number of carbonyl (C=O) groups is 2. The van der Waals surface area contributed by atoms with E-state index in [0.717, 1.165) is 12.5 Å². The van der Waals surface area contributed by atoms with Crippen LogP contribution in [-0.2, 0) is 14.4 Å². The van der Waals surface area contributed by atoms with Crippen LogP contribution in [-0.4, -0.2) is 31.5 Å². The molecule has 1 fully saturated rings. The zero-order valence-corrected chi connectivity index (χ0v) is 7.91. The van der Waals surface area contributed by atoms with Crippen LogP contribution in [0.2, 0.25) is 0 Å². The Labute approximate surface area is 82.1 Å². The van der Waals surface area contributed by atoms with Gasteiger partial charge in [0, 0.05) is 0 Å². The monoisotopic (exact) mass is 201 g/mol. The Morgan fingerprint density at radius 3 is 2.71 bits per heavy atom. The highest BCUT2D eigenvalue weighted by molar-refractivity contribution is 5.78. The topological polar surface area (TPSA) is 93.5 Å². The highest BCUT2D eigenvalue weighted by Crippen LogP contribution is 2.27. The summed E-state index contributed by atoms with van der Waals surface area (Å²) in [6.07, 6.45) is 2.49. The Morgan fingerprint density at radius 1 is 1.43 bits per heavy atom. The number of carbonyl (C=O) groups excluding carboxylic acids is 2. The number of hydroxylamine groups is 1. The van der Waals surface area contributed by atoms with Crippen molar-refractivity contribution < 1.29 is 14.4 Å². The molecule has 0 aromatic carbocycles. The molecule has 0 radical (unpaired) electrons. The molecule has 1 aliphatic rings. The summed E-state index contributed by atoms with van der Waals surface area (Å²) in [5.74, 6) is -0.183. The lowest BCUT2D eigenvalue weighted by Gasteiger charge is -2.04. The van der Waals surface area contributed by atoms with Gasteiger partial charge in [-0.1, -0.05) is 0 Å². The molecule has 0 spiro atoms. The van der Waals surface area contributed by atoms with Gasteiger partial charge in [-0.3, -0.25) is 14.4 Å². The zero-order chi connectivity index (χ0) is 10.4. The molecule has 0 aliphatic heterocycles. The first kappa shape index (κ1) is 10.9. The van der Waals surface area contributed by atoms with E-state index in [4.69, 9.17) is 5.73 Å². The van der Waals surface area contributed by atoms with Crippen molar-refractivity contribution in [2.24, 2.45) is 11.7 Å². The van der Waals surface area contributed by atoms with Gasteiger partial charge >= 0.3 is 0 Å². The first-order chi connectivity index (χ1) is 6.68. The Balaban J connectivity index is 1.89. The SMILES string of the molecule is NC(=O)CONC(=O)CNCC1CC1. The molecule has 0 bridgehead atoms. The minimum Gasteiger partial charge on any atom is -0.368 e.